The lowest BCUT2D eigenvalue weighted by Crippen LogP contribution is -2.35. The predicted octanol–water partition coefficient (Wildman–Crippen LogP) is 1.46. The molecule has 7 nitrogen and oxygen atoms in total. The highest BCUT2D eigenvalue weighted by molar-refractivity contribution is 5.68. The summed E-state index contributed by atoms with van der Waals surface area (Å²) in [5.74, 6) is -0.587. The molecular weight excluding hydrogens is 310 g/mol. The molecule has 0 saturated heterocycles. The van der Waals surface area contributed by atoms with Crippen LogP contribution in [0.4, 0.5) is 0 Å². The summed E-state index contributed by atoms with van der Waals surface area (Å²) in [6.07, 6.45) is 7.83. The average Bonchev–Trinajstić information content (AvgIpc) is 3.21. The Kier molecular flexibility index (Phi) is 4.78. The highest BCUT2D eigenvalue weighted by Crippen LogP contribution is 2.28. The number of aliphatic carboxylic acids is 1. The highest BCUT2D eigenvalue weighted by Gasteiger charge is 2.17. The molecule has 2 N–H and O–H groups in total. The van der Waals surface area contributed by atoms with Crippen molar-refractivity contribution in [2.45, 2.75) is 51.4 Å². The number of carboxylic acids is 1. The predicted molar refractivity (Wildman–Crippen MR) is 87.7 cm³/mol. The van der Waals surface area contributed by atoms with Gasteiger partial charge in [-0.2, -0.15) is 5.10 Å². The van der Waals surface area contributed by atoms with Gasteiger partial charge in [-0.05, 0) is 24.8 Å². The third kappa shape index (κ3) is 3.39. The zero-order valence-electron chi connectivity index (χ0n) is 13.4. The fourth-order valence-corrected chi connectivity index (χ4v) is 3.47. The first-order valence-electron chi connectivity index (χ1n) is 8.36. The van der Waals surface area contributed by atoms with E-state index in [1.165, 1.54) is 42.6 Å². The van der Waals surface area contributed by atoms with E-state index in [1.54, 1.807) is 0 Å². The molecule has 3 rings (SSSR count). The molecule has 0 radical (unpaired) electrons. The number of hydrogen-bond donors (Lipinski definition) is 2. The summed E-state index contributed by atoms with van der Waals surface area (Å²) in [5.41, 5.74) is 1.04. The first-order valence-corrected chi connectivity index (χ1v) is 8.36. The quantitative estimate of drug-likeness (QED) is 0.830. The minimum atomic E-state index is -1.03. The van der Waals surface area contributed by atoms with Crippen LogP contribution in [-0.4, -0.2) is 30.8 Å². The van der Waals surface area contributed by atoms with Crippen molar-refractivity contribution in [3.63, 3.8) is 0 Å². The smallest absolute Gasteiger partial charge is 0.303 e. The van der Waals surface area contributed by atoms with Crippen molar-refractivity contribution in [2.24, 2.45) is 5.92 Å². The number of aliphatic hydroxyl groups excluding tert-OH is 1. The van der Waals surface area contributed by atoms with Crippen molar-refractivity contribution in [3.8, 4) is 0 Å². The zero-order chi connectivity index (χ0) is 17.1. The highest BCUT2D eigenvalue weighted by atomic mass is 16.4. The van der Waals surface area contributed by atoms with Crippen molar-refractivity contribution in [1.29, 1.82) is 0 Å². The molecule has 1 aliphatic rings. The van der Waals surface area contributed by atoms with Gasteiger partial charge in [0.05, 0.1) is 6.42 Å². The summed E-state index contributed by atoms with van der Waals surface area (Å²) in [7, 11) is 0. The maximum absolute atomic E-state index is 12.4. The normalized spacial score (nSPS) is 16.7. The number of fused-ring (bicyclic) bond motifs is 1. The van der Waals surface area contributed by atoms with Crippen LogP contribution in [-0.2, 0) is 11.2 Å². The monoisotopic (exact) mass is 331 g/mol. The number of carbonyl (C=O) groups is 1. The second kappa shape index (κ2) is 6.98. The van der Waals surface area contributed by atoms with Crippen LogP contribution in [0.5, 0.6) is 0 Å². The second-order valence-electron chi connectivity index (χ2n) is 6.41. The minimum Gasteiger partial charge on any atom is -0.510 e. The van der Waals surface area contributed by atoms with E-state index < -0.39 is 5.97 Å². The number of nitrogens with zero attached hydrogens (tertiary/aromatic N) is 3. The number of carboxylic acid groups (broad SMARTS) is 1. The van der Waals surface area contributed by atoms with E-state index >= 15 is 0 Å². The van der Waals surface area contributed by atoms with Crippen LogP contribution < -0.4 is 10.8 Å². The van der Waals surface area contributed by atoms with Crippen molar-refractivity contribution < 1.29 is 15.0 Å². The molecule has 1 saturated carbocycles. The summed E-state index contributed by atoms with van der Waals surface area (Å²) >= 11 is 0. The molecular formula is C17H21N3O4. The first-order chi connectivity index (χ1) is 11.6. The SMILES string of the molecule is O=C(O)CCC(O)=c1c(=O)cc(CCC2CCCC2)c2ncnn12. The van der Waals surface area contributed by atoms with Gasteiger partial charge in [0.15, 0.2) is 11.0 Å². The lowest BCUT2D eigenvalue weighted by molar-refractivity contribution is -0.136. The molecule has 0 aromatic carbocycles. The Morgan fingerprint density at radius 2 is 2.00 bits per heavy atom. The molecule has 0 bridgehead atoms. The molecule has 0 atom stereocenters. The van der Waals surface area contributed by atoms with Crippen LogP contribution in [0.25, 0.3) is 11.4 Å². The number of hydrogen-bond acceptors (Lipinski definition) is 5. The van der Waals surface area contributed by atoms with Gasteiger partial charge in [0.1, 0.15) is 12.1 Å². The molecule has 2 heterocycles. The molecule has 1 fully saturated rings. The molecule has 2 aromatic rings. The van der Waals surface area contributed by atoms with Crippen LogP contribution in [0.15, 0.2) is 17.2 Å². The van der Waals surface area contributed by atoms with Crippen LogP contribution in [0.3, 0.4) is 0 Å². The number of rotatable bonds is 6. The van der Waals surface area contributed by atoms with Gasteiger partial charge in [0.25, 0.3) is 0 Å². The van der Waals surface area contributed by atoms with Gasteiger partial charge in [0.2, 0.25) is 5.43 Å². The van der Waals surface area contributed by atoms with Crippen molar-refractivity contribution >= 4 is 17.4 Å². The third-order valence-corrected chi connectivity index (χ3v) is 4.73. The van der Waals surface area contributed by atoms with Crippen molar-refractivity contribution in [3.05, 3.63) is 33.5 Å². The lowest BCUT2D eigenvalue weighted by Gasteiger charge is -2.09. The van der Waals surface area contributed by atoms with Crippen LogP contribution in [0, 0.1) is 5.92 Å². The topological polar surface area (TPSA) is 105 Å². The van der Waals surface area contributed by atoms with Crippen LogP contribution in [0.2, 0.25) is 0 Å². The molecule has 0 unspecified atom stereocenters. The number of pyridine rings is 1. The standard InChI is InChI=1S/C17H21N3O4/c21-13(7-8-15(23)24)16-14(22)9-12(17-18-10-19-20(16)17)6-5-11-3-1-2-4-11/h9-11,21H,1-8H2,(H,23,24). The Hall–Kier alpha value is -2.44. The molecule has 0 amide bonds. The minimum absolute atomic E-state index is 0.00775. The van der Waals surface area contributed by atoms with Gasteiger partial charge in [0, 0.05) is 12.0 Å². The largest absolute Gasteiger partial charge is 0.510 e. The van der Waals surface area contributed by atoms with E-state index in [0.29, 0.717) is 11.6 Å². The van der Waals surface area contributed by atoms with Crippen molar-refractivity contribution in [2.75, 3.05) is 0 Å². The maximum Gasteiger partial charge on any atom is 0.303 e. The van der Waals surface area contributed by atoms with Gasteiger partial charge in [-0.25, -0.2) is 9.50 Å². The summed E-state index contributed by atoms with van der Waals surface area (Å²) in [4.78, 5) is 27.3. The second-order valence-corrected chi connectivity index (χ2v) is 6.41. The Morgan fingerprint density at radius 3 is 2.71 bits per heavy atom. The van der Waals surface area contributed by atoms with Gasteiger partial charge in [-0.15, -0.1) is 0 Å². The van der Waals surface area contributed by atoms with Gasteiger partial charge in [-0.1, -0.05) is 25.7 Å². The maximum atomic E-state index is 12.4. The van der Waals surface area contributed by atoms with Crippen LogP contribution in [0.1, 0.15) is 50.5 Å². The fourth-order valence-electron chi connectivity index (χ4n) is 3.47. The number of aryl methyl sites for hydroxylation is 1. The summed E-state index contributed by atoms with van der Waals surface area (Å²) < 4.78 is 1.34. The fraction of sp³-hybridized carbons (Fsp3) is 0.529. The average molecular weight is 331 g/mol. The summed E-state index contributed by atoms with van der Waals surface area (Å²) in [5, 5.41) is 22.9. The Labute approximate surface area is 138 Å². The third-order valence-electron chi connectivity index (χ3n) is 4.73. The Morgan fingerprint density at radius 1 is 1.25 bits per heavy atom. The van der Waals surface area contributed by atoms with E-state index in [2.05, 4.69) is 10.1 Å². The Bertz CT molecular complexity index is 853. The molecule has 128 valence electrons. The van der Waals surface area contributed by atoms with Crippen LogP contribution >= 0.6 is 0 Å². The summed E-state index contributed by atoms with van der Waals surface area (Å²) in [6.45, 7) is 0. The number of aromatic nitrogens is 3. The number of aliphatic hydroxyl groups is 1. The lowest BCUT2D eigenvalue weighted by atomic mass is 9.98. The molecule has 0 aliphatic heterocycles. The molecule has 0 spiro atoms. The van der Waals surface area contributed by atoms with E-state index in [-0.39, 0.29) is 29.4 Å². The molecule has 1 aliphatic carbocycles. The van der Waals surface area contributed by atoms with E-state index in [1.807, 2.05) is 0 Å². The summed E-state index contributed by atoms with van der Waals surface area (Å²) in [6, 6.07) is 1.51. The van der Waals surface area contributed by atoms with Crippen molar-refractivity contribution in [1.82, 2.24) is 14.6 Å². The molecule has 24 heavy (non-hydrogen) atoms. The van der Waals surface area contributed by atoms with E-state index in [9.17, 15) is 14.7 Å². The Balaban J connectivity index is 1.95. The van der Waals surface area contributed by atoms with E-state index in [0.717, 1.165) is 18.4 Å². The zero-order valence-corrected chi connectivity index (χ0v) is 13.4. The van der Waals surface area contributed by atoms with Gasteiger partial charge < -0.3 is 10.2 Å². The van der Waals surface area contributed by atoms with E-state index in [4.69, 9.17) is 5.11 Å². The molecule has 2 aromatic heterocycles. The first kappa shape index (κ1) is 16.4. The molecule has 7 heteroatoms. The van der Waals surface area contributed by atoms with Gasteiger partial charge >= 0.3 is 5.97 Å². The van der Waals surface area contributed by atoms with Gasteiger partial charge in [-0.3, -0.25) is 9.59 Å².